The van der Waals surface area contributed by atoms with Gasteiger partial charge in [-0.25, -0.2) is 0 Å². The van der Waals surface area contributed by atoms with Crippen LogP contribution in [-0.2, 0) is 19.5 Å². The van der Waals surface area contributed by atoms with E-state index in [9.17, 15) is 18.0 Å². The van der Waals surface area contributed by atoms with E-state index in [2.05, 4.69) is 31.4 Å². The van der Waals surface area contributed by atoms with Crippen LogP contribution in [-0.4, -0.2) is 26.8 Å². The Morgan fingerprint density at radius 3 is 2.91 bits per heavy atom. The lowest BCUT2D eigenvalue weighted by Crippen LogP contribution is -2.32. The average molecular weight is 409 g/mol. The Morgan fingerprint density at radius 2 is 2.26 bits per heavy atom. The third-order valence-electron chi connectivity index (χ3n) is 3.70. The summed E-state index contributed by atoms with van der Waals surface area (Å²) < 4.78 is 40.8. The Balaban J connectivity index is 1.65. The number of halogens is 4. The minimum atomic E-state index is -4.21. The van der Waals surface area contributed by atoms with Gasteiger partial charge in [0.15, 0.2) is 5.82 Å². The third kappa shape index (κ3) is 3.57. The van der Waals surface area contributed by atoms with Gasteiger partial charge in [-0.2, -0.15) is 13.2 Å². The van der Waals surface area contributed by atoms with Crippen molar-refractivity contribution in [3.8, 4) is 0 Å². The average Bonchev–Trinajstić information content (AvgIpc) is 3.09. The van der Waals surface area contributed by atoms with E-state index in [4.69, 9.17) is 0 Å². The molecule has 2 aromatic heterocycles. The molecule has 1 aliphatic rings. The molecule has 0 radical (unpaired) electrons. The van der Waals surface area contributed by atoms with Crippen molar-refractivity contribution in [1.82, 2.24) is 20.1 Å². The molecule has 1 atom stereocenters. The molecule has 1 N–H and O–H groups in total. The number of nitrogens with one attached hydrogen (secondary N) is 1. The van der Waals surface area contributed by atoms with Crippen molar-refractivity contribution in [2.24, 2.45) is 5.92 Å². The van der Waals surface area contributed by atoms with Crippen molar-refractivity contribution in [2.75, 3.05) is 0 Å². The molecule has 23 heavy (non-hydrogen) atoms. The number of rotatable bonds is 3. The molecule has 1 aliphatic heterocycles. The molecule has 3 heterocycles. The van der Waals surface area contributed by atoms with Crippen LogP contribution in [0.5, 0.6) is 0 Å². The highest BCUT2D eigenvalue weighted by molar-refractivity contribution is 9.10. The SMILES string of the molecule is O=C(NCc1nnc2n1CC[C@@H](C(F)(F)F)C2)c1cc(Br)cs1. The summed E-state index contributed by atoms with van der Waals surface area (Å²) in [6, 6.07) is 1.70. The topological polar surface area (TPSA) is 59.8 Å². The minimum absolute atomic E-state index is 0.00730. The molecule has 0 saturated heterocycles. The van der Waals surface area contributed by atoms with E-state index >= 15 is 0 Å². The van der Waals surface area contributed by atoms with Gasteiger partial charge < -0.3 is 9.88 Å². The first-order valence-corrected chi connectivity index (χ1v) is 8.52. The summed E-state index contributed by atoms with van der Waals surface area (Å²) in [5.41, 5.74) is 0. The van der Waals surface area contributed by atoms with Crippen LogP contribution >= 0.6 is 27.3 Å². The molecule has 0 aromatic carbocycles. The summed E-state index contributed by atoms with van der Waals surface area (Å²) in [6.45, 7) is 0.348. The van der Waals surface area contributed by atoms with Gasteiger partial charge in [-0.3, -0.25) is 4.79 Å². The second-order valence-electron chi connectivity index (χ2n) is 5.23. The second kappa shape index (κ2) is 6.23. The van der Waals surface area contributed by atoms with E-state index in [-0.39, 0.29) is 31.8 Å². The Hall–Kier alpha value is -1.42. The quantitative estimate of drug-likeness (QED) is 0.848. The van der Waals surface area contributed by atoms with Crippen molar-refractivity contribution >= 4 is 33.2 Å². The van der Waals surface area contributed by atoms with Crippen LogP contribution in [0.4, 0.5) is 13.2 Å². The second-order valence-corrected chi connectivity index (χ2v) is 7.05. The minimum Gasteiger partial charge on any atom is -0.344 e. The lowest BCUT2D eigenvalue weighted by molar-refractivity contribution is -0.179. The zero-order valence-corrected chi connectivity index (χ0v) is 14.1. The molecule has 2 aromatic rings. The first-order valence-electron chi connectivity index (χ1n) is 6.84. The number of aromatic nitrogens is 3. The standard InChI is InChI=1S/C13H12BrF3N4OS/c14-8-4-9(23-6-8)12(22)18-5-11-20-19-10-3-7(13(15,16)17)1-2-21(10)11/h4,6-7H,1-3,5H2,(H,18,22)/t7-/m1/s1. The van der Waals surface area contributed by atoms with Gasteiger partial charge in [-0.1, -0.05) is 0 Å². The molecule has 5 nitrogen and oxygen atoms in total. The summed E-state index contributed by atoms with van der Waals surface area (Å²) in [6.07, 6.45) is -4.37. The number of hydrogen-bond donors (Lipinski definition) is 1. The van der Waals surface area contributed by atoms with Gasteiger partial charge in [0.2, 0.25) is 0 Å². The maximum Gasteiger partial charge on any atom is 0.392 e. The highest BCUT2D eigenvalue weighted by Gasteiger charge is 2.42. The molecule has 0 fully saturated rings. The molecule has 1 amide bonds. The summed E-state index contributed by atoms with van der Waals surface area (Å²) in [4.78, 5) is 12.5. The van der Waals surface area contributed by atoms with Gasteiger partial charge in [-0.05, 0) is 28.4 Å². The normalized spacial score (nSPS) is 17.8. The Labute approximate surface area is 142 Å². The van der Waals surface area contributed by atoms with Crippen molar-refractivity contribution in [3.63, 3.8) is 0 Å². The van der Waals surface area contributed by atoms with Crippen molar-refractivity contribution in [2.45, 2.75) is 32.1 Å². The number of nitrogens with zero attached hydrogens (tertiary/aromatic N) is 3. The first kappa shape index (κ1) is 16.4. The molecule has 124 valence electrons. The van der Waals surface area contributed by atoms with Crippen LogP contribution in [0.2, 0.25) is 0 Å². The van der Waals surface area contributed by atoms with Gasteiger partial charge in [-0.15, -0.1) is 21.5 Å². The van der Waals surface area contributed by atoms with Gasteiger partial charge in [0.05, 0.1) is 17.3 Å². The van der Waals surface area contributed by atoms with Gasteiger partial charge in [0, 0.05) is 22.8 Å². The van der Waals surface area contributed by atoms with Crippen LogP contribution in [0.3, 0.4) is 0 Å². The number of alkyl halides is 3. The van der Waals surface area contributed by atoms with E-state index in [1.165, 1.54) is 11.3 Å². The highest BCUT2D eigenvalue weighted by atomic mass is 79.9. The third-order valence-corrected chi connectivity index (χ3v) is 5.39. The molecule has 0 aliphatic carbocycles. The Morgan fingerprint density at radius 1 is 1.48 bits per heavy atom. The smallest absolute Gasteiger partial charge is 0.344 e. The number of carbonyl (C=O) groups is 1. The number of hydrogen-bond acceptors (Lipinski definition) is 4. The Kier molecular flexibility index (Phi) is 4.45. The maximum atomic E-state index is 12.8. The largest absolute Gasteiger partial charge is 0.392 e. The summed E-state index contributed by atoms with van der Waals surface area (Å²) in [5, 5.41) is 12.3. The molecular formula is C13H12BrF3N4OS. The van der Waals surface area contributed by atoms with E-state index in [0.29, 0.717) is 16.5 Å². The molecule has 0 spiro atoms. The van der Waals surface area contributed by atoms with Crippen molar-refractivity contribution in [1.29, 1.82) is 0 Å². The number of carbonyl (C=O) groups excluding carboxylic acids is 1. The molecule has 0 unspecified atom stereocenters. The highest BCUT2D eigenvalue weighted by Crippen LogP contribution is 2.34. The van der Waals surface area contributed by atoms with E-state index in [1.54, 1.807) is 16.0 Å². The predicted molar refractivity (Wildman–Crippen MR) is 81.1 cm³/mol. The van der Waals surface area contributed by atoms with Crippen LogP contribution in [0, 0.1) is 5.92 Å². The zero-order chi connectivity index (χ0) is 16.6. The van der Waals surface area contributed by atoms with Crippen LogP contribution in [0.15, 0.2) is 15.9 Å². The fourth-order valence-electron chi connectivity index (χ4n) is 2.48. The van der Waals surface area contributed by atoms with Crippen molar-refractivity contribution < 1.29 is 18.0 Å². The van der Waals surface area contributed by atoms with Gasteiger partial charge in [0.1, 0.15) is 5.82 Å². The zero-order valence-electron chi connectivity index (χ0n) is 11.7. The lowest BCUT2D eigenvalue weighted by atomic mass is 9.97. The fraction of sp³-hybridized carbons (Fsp3) is 0.462. The predicted octanol–water partition coefficient (Wildman–Crippen LogP) is 3.16. The lowest BCUT2D eigenvalue weighted by Gasteiger charge is -2.25. The van der Waals surface area contributed by atoms with Crippen LogP contribution < -0.4 is 5.32 Å². The molecule has 10 heteroatoms. The monoisotopic (exact) mass is 408 g/mol. The Bertz CT molecular complexity index is 727. The molecule has 3 rings (SSSR count). The van der Waals surface area contributed by atoms with Crippen LogP contribution in [0.25, 0.3) is 0 Å². The summed E-state index contributed by atoms with van der Waals surface area (Å²) >= 11 is 4.57. The van der Waals surface area contributed by atoms with E-state index < -0.39 is 12.1 Å². The maximum absolute atomic E-state index is 12.8. The number of thiophene rings is 1. The summed E-state index contributed by atoms with van der Waals surface area (Å²) in [7, 11) is 0. The molecule has 0 bridgehead atoms. The summed E-state index contributed by atoms with van der Waals surface area (Å²) in [5.74, 6) is -0.821. The van der Waals surface area contributed by atoms with Gasteiger partial charge >= 0.3 is 6.18 Å². The van der Waals surface area contributed by atoms with E-state index in [1.807, 2.05) is 0 Å². The number of amides is 1. The van der Waals surface area contributed by atoms with E-state index in [0.717, 1.165) is 4.47 Å². The van der Waals surface area contributed by atoms with Crippen molar-refractivity contribution in [3.05, 3.63) is 32.4 Å². The van der Waals surface area contributed by atoms with Gasteiger partial charge in [0.25, 0.3) is 5.91 Å². The fourth-order valence-corrected chi connectivity index (χ4v) is 3.82. The first-order chi connectivity index (χ1) is 10.8. The number of fused-ring (bicyclic) bond motifs is 1. The molecular weight excluding hydrogens is 397 g/mol. The van der Waals surface area contributed by atoms with Crippen LogP contribution in [0.1, 0.15) is 27.7 Å². The molecule has 0 saturated carbocycles.